The third-order valence-electron chi connectivity index (χ3n) is 3.69. The molecule has 0 radical (unpaired) electrons. The molecule has 1 fully saturated rings. The summed E-state index contributed by atoms with van der Waals surface area (Å²) in [7, 11) is 0. The lowest BCUT2D eigenvalue weighted by Crippen LogP contribution is -2.50. The number of piperazine rings is 1. The zero-order valence-electron chi connectivity index (χ0n) is 13.4. The van der Waals surface area contributed by atoms with Crippen LogP contribution in [0.1, 0.15) is 17.3 Å². The minimum absolute atomic E-state index is 0.0747. The molecule has 8 heteroatoms. The number of halogens is 3. The summed E-state index contributed by atoms with van der Waals surface area (Å²) in [6.45, 7) is 3.42. The molecule has 5 nitrogen and oxygen atoms in total. The normalized spacial score (nSPS) is 17.6. The molecule has 1 amide bonds. The zero-order chi connectivity index (χ0) is 17.7. The molecular formula is C16H21F3N2O3. The lowest BCUT2D eigenvalue weighted by atomic mass is 10.1. The SMILES string of the molecule is CC(O)CN1CCN(C(=O)c2ccc(OCC(F)(F)F)cc2)CC1. The molecular weight excluding hydrogens is 325 g/mol. The van der Waals surface area contributed by atoms with E-state index in [2.05, 4.69) is 9.64 Å². The van der Waals surface area contributed by atoms with E-state index in [4.69, 9.17) is 0 Å². The Morgan fingerprint density at radius 1 is 1.21 bits per heavy atom. The van der Waals surface area contributed by atoms with Crippen molar-refractivity contribution in [2.75, 3.05) is 39.3 Å². The highest BCUT2D eigenvalue weighted by Crippen LogP contribution is 2.19. The third-order valence-corrected chi connectivity index (χ3v) is 3.69. The summed E-state index contributed by atoms with van der Waals surface area (Å²) < 4.78 is 40.9. The molecule has 1 aromatic carbocycles. The second kappa shape index (κ2) is 7.85. The van der Waals surface area contributed by atoms with Crippen molar-refractivity contribution >= 4 is 5.91 Å². The molecule has 1 aromatic rings. The molecule has 0 spiro atoms. The van der Waals surface area contributed by atoms with E-state index in [-0.39, 0.29) is 11.7 Å². The fourth-order valence-corrected chi connectivity index (χ4v) is 2.55. The van der Waals surface area contributed by atoms with Crippen LogP contribution in [0.15, 0.2) is 24.3 Å². The van der Waals surface area contributed by atoms with Crippen molar-refractivity contribution < 1.29 is 27.8 Å². The molecule has 2 rings (SSSR count). The van der Waals surface area contributed by atoms with Crippen molar-refractivity contribution in [2.45, 2.75) is 19.2 Å². The van der Waals surface area contributed by atoms with Crippen LogP contribution in [0.3, 0.4) is 0 Å². The number of hydrogen-bond acceptors (Lipinski definition) is 4. The largest absolute Gasteiger partial charge is 0.484 e. The number of carbonyl (C=O) groups is 1. The summed E-state index contributed by atoms with van der Waals surface area (Å²) in [6.07, 6.45) is -4.79. The Hall–Kier alpha value is -1.80. The van der Waals surface area contributed by atoms with Gasteiger partial charge >= 0.3 is 6.18 Å². The number of amides is 1. The number of aliphatic hydroxyl groups is 1. The minimum Gasteiger partial charge on any atom is -0.484 e. The Bertz CT molecular complexity index is 538. The van der Waals surface area contributed by atoms with Crippen molar-refractivity contribution in [2.24, 2.45) is 0 Å². The van der Waals surface area contributed by atoms with Crippen LogP contribution >= 0.6 is 0 Å². The Morgan fingerprint density at radius 2 is 1.79 bits per heavy atom. The summed E-state index contributed by atoms with van der Waals surface area (Å²) in [5, 5.41) is 9.37. The van der Waals surface area contributed by atoms with Crippen LogP contribution in [0.25, 0.3) is 0 Å². The van der Waals surface area contributed by atoms with E-state index in [1.165, 1.54) is 24.3 Å². The highest BCUT2D eigenvalue weighted by Gasteiger charge is 2.28. The number of alkyl halides is 3. The van der Waals surface area contributed by atoms with Gasteiger partial charge in [-0.1, -0.05) is 0 Å². The van der Waals surface area contributed by atoms with E-state index in [0.717, 1.165) is 0 Å². The number of carbonyl (C=O) groups excluding carboxylic acids is 1. The van der Waals surface area contributed by atoms with Gasteiger partial charge < -0.3 is 14.7 Å². The van der Waals surface area contributed by atoms with Crippen molar-refractivity contribution in [3.05, 3.63) is 29.8 Å². The van der Waals surface area contributed by atoms with Gasteiger partial charge in [0.05, 0.1) is 6.10 Å². The first-order valence-electron chi connectivity index (χ1n) is 7.74. The molecule has 1 unspecified atom stereocenters. The van der Waals surface area contributed by atoms with Crippen LogP contribution in [0, 0.1) is 0 Å². The topological polar surface area (TPSA) is 53.0 Å². The van der Waals surface area contributed by atoms with E-state index in [9.17, 15) is 23.1 Å². The zero-order valence-corrected chi connectivity index (χ0v) is 13.4. The summed E-state index contributed by atoms with van der Waals surface area (Å²) in [5.74, 6) is -0.0836. The maximum Gasteiger partial charge on any atom is 0.422 e. The molecule has 1 aliphatic heterocycles. The van der Waals surface area contributed by atoms with Crippen molar-refractivity contribution in [3.63, 3.8) is 0 Å². The van der Waals surface area contributed by atoms with Crippen LogP contribution in [0.5, 0.6) is 5.75 Å². The summed E-state index contributed by atoms with van der Waals surface area (Å²) in [5.41, 5.74) is 0.415. The summed E-state index contributed by atoms with van der Waals surface area (Å²) in [6, 6.07) is 5.66. The van der Waals surface area contributed by atoms with E-state index in [0.29, 0.717) is 38.3 Å². The second-order valence-electron chi connectivity index (χ2n) is 5.87. The molecule has 0 bridgehead atoms. The minimum atomic E-state index is -4.39. The van der Waals surface area contributed by atoms with E-state index >= 15 is 0 Å². The van der Waals surface area contributed by atoms with E-state index in [1.54, 1.807) is 11.8 Å². The Morgan fingerprint density at radius 3 is 2.29 bits per heavy atom. The molecule has 24 heavy (non-hydrogen) atoms. The number of rotatable bonds is 5. The summed E-state index contributed by atoms with van der Waals surface area (Å²) in [4.78, 5) is 16.2. The fraction of sp³-hybridized carbons (Fsp3) is 0.562. The Labute approximate surface area is 138 Å². The van der Waals surface area contributed by atoms with Gasteiger partial charge in [-0.05, 0) is 31.2 Å². The molecule has 1 saturated heterocycles. The Balaban J connectivity index is 1.87. The number of aliphatic hydroxyl groups excluding tert-OH is 1. The molecule has 0 aromatic heterocycles. The molecule has 1 aliphatic rings. The first-order chi connectivity index (χ1) is 11.2. The standard InChI is InChI=1S/C16H21F3N2O3/c1-12(22)10-20-6-8-21(9-7-20)15(23)13-2-4-14(5-3-13)24-11-16(17,18)19/h2-5,12,22H,6-11H2,1H3. The second-order valence-corrected chi connectivity index (χ2v) is 5.87. The van der Waals surface area contributed by atoms with Gasteiger partial charge in [-0.25, -0.2) is 0 Å². The van der Waals surface area contributed by atoms with Gasteiger partial charge in [0.15, 0.2) is 6.61 Å². The van der Waals surface area contributed by atoms with Gasteiger partial charge in [-0.2, -0.15) is 13.2 Å². The number of benzene rings is 1. The van der Waals surface area contributed by atoms with E-state index in [1.807, 2.05) is 0 Å². The molecule has 0 saturated carbocycles. The van der Waals surface area contributed by atoms with Crippen molar-refractivity contribution in [1.29, 1.82) is 0 Å². The average Bonchev–Trinajstić information content (AvgIpc) is 2.52. The smallest absolute Gasteiger partial charge is 0.422 e. The van der Waals surface area contributed by atoms with Crippen molar-refractivity contribution in [3.8, 4) is 5.75 Å². The van der Waals surface area contributed by atoms with E-state index < -0.39 is 18.9 Å². The number of ether oxygens (including phenoxy) is 1. The van der Waals surface area contributed by atoms with Crippen LogP contribution in [0.2, 0.25) is 0 Å². The highest BCUT2D eigenvalue weighted by molar-refractivity contribution is 5.94. The van der Waals surface area contributed by atoms with Crippen LogP contribution in [-0.4, -0.2) is 72.4 Å². The maximum absolute atomic E-state index is 12.4. The molecule has 0 aliphatic carbocycles. The average molecular weight is 346 g/mol. The van der Waals surface area contributed by atoms with Crippen LogP contribution in [0.4, 0.5) is 13.2 Å². The van der Waals surface area contributed by atoms with Crippen LogP contribution in [-0.2, 0) is 0 Å². The number of nitrogens with zero attached hydrogens (tertiary/aromatic N) is 2. The van der Waals surface area contributed by atoms with Gasteiger partial charge in [-0.3, -0.25) is 9.69 Å². The van der Waals surface area contributed by atoms with Crippen LogP contribution < -0.4 is 4.74 Å². The van der Waals surface area contributed by atoms with Crippen molar-refractivity contribution in [1.82, 2.24) is 9.80 Å². The lowest BCUT2D eigenvalue weighted by molar-refractivity contribution is -0.153. The quantitative estimate of drug-likeness (QED) is 0.883. The fourth-order valence-electron chi connectivity index (χ4n) is 2.55. The van der Waals surface area contributed by atoms with Gasteiger partial charge in [0, 0.05) is 38.3 Å². The van der Waals surface area contributed by atoms with Gasteiger partial charge in [0.1, 0.15) is 5.75 Å². The van der Waals surface area contributed by atoms with Gasteiger partial charge in [0.2, 0.25) is 0 Å². The van der Waals surface area contributed by atoms with Gasteiger partial charge in [-0.15, -0.1) is 0 Å². The monoisotopic (exact) mass is 346 g/mol. The number of β-amino-alcohol motifs (C(OH)–C–C–N with tert-alkyl or cyclic N) is 1. The molecule has 1 N–H and O–H groups in total. The van der Waals surface area contributed by atoms with Gasteiger partial charge in [0.25, 0.3) is 5.91 Å². The predicted molar refractivity (Wildman–Crippen MR) is 82.0 cm³/mol. The predicted octanol–water partition coefficient (Wildman–Crippen LogP) is 1.77. The molecule has 1 heterocycles. The Kier molecular flexibility index (Phi) is 6.06. The highest BCUT2D eigenvalue weighted by atomic mass is 19.4. The first-order valence-corrected chi connectivity index (χ1v) is 7.74. The number of hydrogen-bond donors (Lipinski definition) is 1. The molecule has 1 atom stereocenters. The maximum atomic E-state index is 12.4. The first kappa shape index (κ1) is 18.5. The third kappa shape index (κ3) is 5.68. The lowest BCUT2D eigenvalue weighted by Gasteiger charge is -2.35. The molecule has 134 valence electrons. The summed E-state index contributed by atoms with van der Waals surface area (Å²) >= 11 is 0.